The van der Waals surface area contributed by atoms with E-state index in [-0.39, 0.29) is 18.8 Å². The zero-order chi connectivity index (χ0) is 22.7. The summed E-state index contributed by atoms with van der Waals surface area (Å²) in [6, 6.07) is 17.8. The highest BCUT2D eigenvalue weighted by molar-refractivity contribution is 6.30. The molecule has 1 fully saturated rings. The van der Waals surface area contributed by atoms with Gasteiger partial charge in [0.15, 0.2) is 11.2 Å². The number of esters is 2. The fourth-order valence-corrected chi connectivity index (χ4v) is 5.71. The van der Waals surface area contributed by atoms with E-state index in [1.807, 2.05) is 37.3 Å². The molecule has 0 unspecified atom stereocenters. The van der Waals surface area contributed by atoms with Crippen molar-refractivity contribution in [3.05, 3.63) is 76.8 Å². The first-order valence-corrected chi connectivity index (χ1v) is 11.0. The molecule has 32 heavy (non-hydrogen) atoms. The van der Waals surface area contributed by atoms with Gasteiger partial charge in [-0.05, 0) is 54.4 Å². The van der Waals surface area contributed by atoms with Crippen LogP contribution >= 0.6 is 11.6 Å². The molecule has 0 radical (unpaired) electrons. The Morgan fingerprint density at radius 2 is 1.75 bits per heavy atom. The zero-order valence-electron chi connectivity index (χ0n) is 17.7. The van der Waals surface area contributed by atoms with Crippen molar-refractivity contribution in [2.75, 3.05) is 6.61 Å². The molecule has 1 heterocycles. The molecular weight excluding hydrogens is 428 g/mol. The number of hydrogen-bond acceptors (Lipinski definition) is 5. The first kappa shape index (κ1) is 20.7. The summed E-state index contributed by atoms with van der Waals surface area (Å²) in [5.41, 5.74) is -1.92. The summed E-state index contributed by atoms with van der Waals surface area (Å²) in [7, 11) is 0. The third-order valence-electron chi connectivity index (χ3n) is 6.96. The van der Waals surface area contributed by atoms with Gasteiger partial charge in [-0.1, -0.05) is 48.9 Å². The number of fused-ring (bicyclic) bond motifs is 5. The van der Waals surface area contributed by atoms with Gasteiger partial charge in [-0.3, -0.25) is 14.4 Å². The number of hydrogen-bond donors (Lipinski definition) is 0. The Labute approximate surface area is 190 Å². The molecule has 1 saturated carbocycles. The van der Waals surface area contributed by atoms with E-state index in [0.717, 1.165) is 10.8 Å². The van der Waals surface area contributed by atoms with Gasteiger partial charge >= 0.3 is 11.9 Å². The van der Waals surface area contributed by atoms with E-state index in [1.54, 1.807) is 37.3 Å². The van der Waals surface area contributed by atoms with Crippen molar-refractivity contribution in [1.82, 2.24) is 0 Å². The normalized spacial score (nSPS) is 25.5. The van der Waals surface area contributed by atoms with Gasteiger partial charge in [-0.25, -0.2) is 0 Å². The monoisotopic (exact) mass is 448 g/mol. The Balaban J connectivity index is 1.79. The molecular formula is C26H21ClO5. The zero-order valence-corrected chi connectivity index (χ0v) is 18.4. The van der Waals surface area contributed by atoms with Crippen molar-refractivity contribution >= 4 is 40.1 Å². The fraction of sp³-hybridized carbons (Fsp3) is 0.269. The molecule has 1 aliphatic heterocycles. The summed E-state index contributed by atoms with van der Waals surface area (Å²) in [5.74, 6) is -2.01. The number of ketones is 1. The summed E-state index contributed by atoms with van der Waals surface area (Å²) in [6.07, 6.45) is 0.274. The number of benzene rings is 3. The van der Waals surface area contributed by atoms with E-state index in [4.69, 9.17) is 21.1 Å². The predicted molar refractivity (Wildman–Crippen MR) is 120 cm³/mol. The van der Waals surface area contributed by atoms with Gasteiger partial charge in [0, 0.05) is 22.1 Å². The molecule has 5 rings (SSSR count). The van der Waals surface area contributed by atoms with Gasteiger partial charge in [-0.2, -0.15) is 0 Å². The van der Waals surface area contributed by atoms with Crippen LogP contribution in [0.25, 0.3) is 10.8 Å². The smallest absolute Gasteiger partial charge is 0.330 e. The van der Waals surface area contributed by atoms with Crippen molar-refractivity contribution in [2.24, 2.45) is 10.8 Å². The lowest BCUT2D eigenvalue weighted by molar-refractivity contribution is -0.162. The SMILES string of the molecule is CCOC(=O)[C@@]12C(=O)Oc3ccc4ccccc4c3[C@@H]1[C@@]2(CC)C(=O)c1ccc(Cl)cc1. The molecule has 0 aromatic heterocycles. The average molecular weight is 449 g/mol. The van der Waals surface area contributed by atoms with Crippen LogP contribution in [-0.4, -0.2) is 24.3 Å². The molecule has 0 spiro atoms. The topological polar surface area (TPSA) is 69.7 Å². The summed E-state index contributed by atoms with van der Waals surface area (Å²) < 4.78 is 11.1. The van der Waals surface area contributed by atoms with Gasteiger partial charge in [0.2, 0.25) is 0 Å². The molecule has 2 aliphatic rings. The van der Waals surface area contributed by atoms with E-state index < -0.39 is 28.7 Å². The fourth-order valence-electron chi connectivity index (χ4n) is 5.58. The van der Waals surface area contributed by atoms with Gasteiger partial charge in [0.25, 0.3) is 0 Å². The lowest BCUT2D eigenvalue weighted by Gasteiger charge is -2.23. The van der Waals surface area contributed by atoms with Crippen molar-refractivity contribution in [3.63, 3.8) is 0 Å². The van der Waals surface area contributed by atoms with Crippen LogP contribution in [0, 0.1) is 10.8 Å². The van der Waals surface area contributed by atoms with Crippen LogP contribution in [-0.2, 0) is 14.3 Å². The summed E-state index contributed by atoms with van der Waals surface area (Å²) in [4.78, 5) is 40.8. The Morgan fingerprint density at radius 3 is 2.44 bits per heavy atom. The third kappa shape index (κ3) is 2.43. The minimum absolute atomic E-state index is 0.0951. The number of rotatable bonds is 5. The Hall–Kier alpha value is -3.18. The lowest BCUT2D eigenvalue weighted by Crippen LogP contribution is -2.40. The van der Waals surface area contributed by atoms with E-state index in [1.165, 1.54) is 0 Å². The van der Waals surface area contributed by atoms with E-state index in [0.29, 0.717) is 21.9 Å². The maximum absolute atomic E-state index is 14.0. The molecule has 6 heteroatoms. The van der Waals surface area contributed by atoms with Gasteiger partial charge in [0.05, 0.1) is 12.0 Å². The Kier molecular flexibility index (Phi) is 4.64. The number of Topliss-reactive ketones (excluding diaryl/α,β-unsaturated/α-hetero) is 1. The van der Waals surface area contributed by atoms with E-state index in [2.05, 4.69) is 0 Å². The minimum Gasteiger partial charge on any atom is -0.465 e. The average Bonchev–Trinajstić information content (AvgIpc) is 3.45. The first-order valence-electron chi connectivity index (χ1n) is 10.6. The van der Waals surface area contributed by atoms with Gasteiger partial charge in [-0.15, -0.1) is 0 Å². The maximum Gasteiger partial charge on any atom is 0.330 e. The second-order valence-electron chi connectivity index (χ2n) is 8.21. The molecule has 0 bridgehead atoms. The van der Waals surface area contributed by atoms with Crippen LogP contribution in [0.15, 0.2) is 60.7 Å². The Bertz CT molecular complexity index is 1280. The second kappa shape index (κ2) is 7.17. The summed E-state index contributed by atoms with van der Waals surface area (Å²) in [6.45, 7) is 3.60. The van der Waals surface area contributed by atoms with Gasteiger partial charge in [0.1, 0.15) is 5.75 Å². The van der Waals surface area contributed by atoms with Crippen LogP contribution in [0.4, 0.5) is 0 Å². The van der Waals surface area contributed by atoms with Crippen LogP contribution in [0.2, 0.25) is 5.02 Å². The molecule has 0 amide bonds. The molecule has 162 valence electrons. The minimum atomic E-state index is -1.72. The van der Waals surface area contributed by atoms with Crippen LogP contribution < -0.4 is 4.74 Å². The van der Waals surface area contributed by atoms with E-state index in [9.17, 15) is 14.4 Å². The van der Waals surface area contributed by atoms with Crippen molar-refractivity contribution < 1.29 is 23.9 Å². The van der Waals surface area contributed by atoms with Crippen LogP contribution in [0.1, 0.15) is 42.1 Å². The van der Waals surface area contributed by atoms with Crippen molar-refractivity contribution in [3.8, 4) is 5.75 Å². The summed E-state index contributed by atoms with van der Waals surface area (Å²) in [5, 5.41) is 2.30. The number of halogens is 1. The van der Waals surface area contributed by atoms with Crippen LogP contribution in [0.5, 0.6) is 5.75 Å². The molecule has 3 atom stereocenters. The second-order valence-corrected chi connectivity index (χ2v) is 8.65. The maximum atomic E-state index is 14.0. The third-order valence-corrected chi connectivity index (χ3v) is 7.21. The highest BCUT2D eigenvalue weighted by Crippen LogP contribution is 2.80. The molecule has 1 aliphatic carbocycles. The number of carbonyl (C=O) groups excluding carboxylic acids is 3. The highest BCUT2D eigenvalue weighted by atomic mass is 35.5. The van der Waals surface area contributed by atoms with Crippen molar-refractivity contribution in [1.29, 1.82) is 0 Å². The Morgan fingerprint density at radius 1 is 1.03 bits per heavy atom. The first-order chi connectivity index (χ1) is 15.4. The van der Waals surface area contributed by atoms with E-state index >= 15 is 0 Å². The predicted octanol–water partition coefficient (Wildman–Crippen LogP) is 5.34. The molecule has 3 aromatic carbocycles. The van der Waals surface area contributed by atoms with Crippen molar-refractivity contribution in [2.45, 2.75) is 26.2 Å². The molecule has 3 aromatic rings. The van der Waals surface area contributed by atoms with Gasteiger partial charge < -0.3 is 9.47 Å². The molecule has 0 saturated heterocycles. The highest BCUT2D eigenvalue weighted by Gasteiger charge is 2.90. The largest absolute Gasteiger partial charge is 0.465 e. The number of carbonyl (C=O) groups is 3. The molecule has 5 nitrogen and oxygen atoms in total. The standard InChI is InChI=1S/C26H21ClO5/c1-3-25(22(28)16-9-12-17(27)13-10-16)21-20-18-8-6-5-7-15(18)11-14-19(20)32-24(30)26(21,25)23(29)31-4-2/h5-14,21H,3-4H2,1-2H3/t21-,25+,26-/m1/s1. The summed E-state index contributed by atoms with van der Waals surface area (Å²) >= 11 is 6.02. The quantitative estimate of drug-likeness (QED) is 0.228. The van der Waals surface area contributed by atoms with Crippen LogP contribution in [0.3, 0.4) is 0 Å². The molecule has 0 N–H and O–H groups in total. The number of ether oxygens (including phenoxy) is 2. The lowest BCUT2D eigenvalue weighted by atomic mass is 9.83.